The molecule has 2 N–H and O–H groups in total. The van der Waals surface area contributed by atoms with E-state index in [4.69, 9.17) is 0 Å². The van der Waals surface area contributed by atoms with Crippen LogP contribution >= 0.6 is 0 Å². The van der Waals surface area contributed by atoms with E-state index in [1.165, 1.54) is 12.1 Å². The molecule has 23 heavy (non-hydrogen) atoms. The number of aromatic nitrogens is 3. The second-order valence-corrected chi connectivity index (χ2v) is 4.82. The molecule has 0 spiro atoms. The first-order valence-electron chi connectivity index (χ1n) is 6.95. The van der Waals surface area contributed by atoms with E-state index >= 15 is 0 Å². The van der Waals surface area contributed by atoms with E-state index in [1.807, 2.05) is 0 Å². The molecular formula is C16H14FN5O. The number of benzene rings is 1. The van der Waals surface area contributed by atoms with Crippen LogP contribution in [0.15, 0.2) is 61.2 Å². The Morgan fingerprint density at radius 2 is 2.04 bits per heavy atom. The smallest absolute Gasteiger partial charge is 0.319 e. The van der Waals surface area contributed by atoms with Gasteiger partial charge in [0.25, 0.3) is 0 Å². The van der Waals surface area contributed by atoms with Gasteiger partial charge in [0.05, 0.1) is 23.8 Å². The quantitative estimate of drug-likeness (QED) is 0.778. The van der Waals surface area contributed by atoms with Gasteiger partial charge >= 0.3 is 6.03 Å². The van der Waals surface area contributed by atoms with Gasteiger partial charge in [-0.15, -0.1) is 0 Å². The molecular weight excluding hydrogens is 297 g/mol. The van der Waals surface area contributed by atoms with E-state index in [1.54, 1.807) is 53.7 Å². The van der Waals surface area contributed by atoms with Crippen LogP contribution in [0.4, 0.5) is 14.9 Å². The van der Waals surface area contributed by atoms with Gasteiger partial charge in [-0.3, -0.25) is 4.98 Å². The number of hydrogen-bond acceptors (Lipinski definition) is 3. The highest BCUT2D eigenvalue weighted by Crippen LogP contribution is 2.10. The van der Waals surface area contributed by atoms with Crippen LogP contribution in [0.2, 0.25) is 0 Å². The van der Waals surface area contributed by atoms with Crippen molar-refractivity contribution in [2.45, 2.75) is 6.54 Å². The third kappa shape index (κ3) is 3.91. The molecule has 2 amide bonds. The molecule has 0 bridgehead atoms. The Kier molecular flexibility index (Phi) is 4.28. The maximum Gasteiger partial charge on any atom is 0.319 e. The molecule has 116 valence electrons. The number of urea groups is 1. The number of pyridine rings is 1. The van der Waals surface area contributed by atoms with Crippen LogP contribution in [-0.2, 0) is 6.54 Å². The fraction of sp³-hybridized carbons (Fsp3) is 0.0625. The largest absolute Gasteiger partial charge is 0.334 e. The predicted octanol–water partition coefficient (Wildman–Crippen LogP) is 2.73. The summed E-state index contributed by atoms with van der Waals surface area (Å²) in [6.45, 7) is 0.238. The minimum absolute atomic E-state index is 0.238. The van der Waals surface area contributed by atoms with E-state index in [0.29, 0.717) is 11.3 Å². The van der Waals surface area contributed by atoms with Crippen molar-refractivity contribution < 1.29 is 9.18 Å². The summed E-state index contributed by atoms with van der Waals surface area (Å²) in [5, 5.41) is 9.50. The summed E-state index contributed by atoms with van der Waals surface area (Å²) >= 11 is 0. The summed E-state index contributed by atoms with van der Waals surface area (Å²) < 4.78 is 14.7. The number of carbonyl (C=O) groups is 1. The van der Waals surface area contributed by atoms with Gasteiger partial charge < -0.3 is 10.6 Å². The molecule has 2 aromatic heterocycles. The molecule has 3 aromatic rings. The minimum Gasteiger partial charge on any atom is -0.334 e. The van der Waals surface area contributed by atoms with E-state index in [2.05, 4.69) is 20.7 Å². The molecule has 0 radical (unpaired) electrons. The van der Waals surface area contributed by atoms with Crippen molar-refractivity contribution >= 4 is 11.7 Å². The molecule has 0 aliphatic rings. The molecule has 0 aliphatic heterocycles. The molecule has 0 unspecified atom stereocenters. The van der Waals surface area contributed by atoms with E-state index in [0.717, 1.165) is 5.69 Å². The zero-order valence-electron chi connectivity index (χ0n) is 12.1. The summed E-state index contributed by atoms with van der Waals surface area (Å²) in [4.78, 5) is 15.8. The van der Waals surface area contributed by atoms with Crippen molar-refractivity contribution in [3.8, 4) is 5.69 Å². The van der Waals surface area contributed by atoms with Gasteiger partial charge in [0.1, 0.15) is 5.82 Å². The number of nitrogens with one attached hydrogen (secondary N) is 2. The first-order chi connectivity index (χ1) is 11.2. The van der Waals surface area contributed by atoms with E-state index in [9.17, 15) is 9.18 Å². The Hall–Kier alpha value is -3.22. The Labute approximate surface area is 132 Å². The topological polar surface area (TPSA) is 71.8 Å². The SMILES string of the molecule is O=C(NCc1cccc(F)c1)Nc1cnn(-c2ccncc2)c1. The van der Waals surface area contributed by atoms with Crippen LogP contribution in [0.3, 0.4) is 0 Å². The highest BCUT2D eigenvalue weighted by atomic mass is 19.1. The van der Waals surface area contributed by atoms with Gasteiger partial charge in [0.15, 0.2) is 0 Å². The van der Waals surface area contributed by atoms with E-state index < -0.39 is 0 Å². The summed E-state index contributed by atoms with van der Waals surface area (Å²) in [6.07, 6.45) is 6.56. The Morgan fingerprint density at radius 1 is 1.22 bits per heavy atom. The number of halogens is 1. The normalized spacial score (nSPS) is 10.3. The Balaban J connectivity index is 1.57. The lowest BCUT2D eigenvalue weighted by atomic mass is 10.2. The zero-order chi connectivity index (χ0) is 16.1. The lowest BCUT2D eigenvalue weighted by Crippen LogP contribution is -2.28. The molecule has 2 heterocycles. The molecule has 7 heteroatoms. The van der Waals surface area contributed by atoms with Crippen LogP contribution in [0.25, 0.3) is 5.69 Å². The molecule has 6 nitrogen and oxygen atoms in total. The third-order valence-electron chi connectivity index (χ3n) is 3.11. The Morgan fingerprint density at radius 3 is 2.83 bits per heavy atom. The highest BCUT2D eigenvalue weighted by molar-refractivity contribution is 5.88. The molecule has 0 aliphatic carbocycles. The van der Waals surface area contributed by atoms with Crippen molar-refractivity contribution in [2.24, 2.45) is 0 Å². The van der Waals surface area contributed by atoms with Gasteiger partial charge in [-0.25, -0.2) is 13.9 Å². The molecule has 0 fully saturated rings. The van der Waals surface area contributed by atoms with Crippen molar-refractivity contribution in [1.29, 1.82) is 0 Å². The zero-order valence-corrected chi connectivity index (χ0v) is 12.1. The second-order valence-electron chi connectivity index (χ2n) is 4.82. The number of hydrogen-bond donors (Lipinski definition) is 2. The molecule has 1 aromatic carbocycles. The summed E-state index contributed by atoms with van der Waals surface area (Å²) in [5.41, 5.74) is 2.08. The summed E-state index contributed by atoms with van der Waals surface area (Å²) in [5.74, 6) is -0.330. The fourth-order valence-corrected chi connectivity index (χ4v) is 2.03. The first kappa shape index (κ1) is 14.7. The molecule has 0 atom stereocenters. The second kappa shape index (κ2) is 6.69. The van der Waals surface area contributed by atoms with Gasteiger partial charge in [0, 0.05) is 18.9 Å². The average molecular weight is 311 g/mol. The van der Waals surface area contributed by atoms with Gasteiger partial charge in [-0.05, 0) is 29.8 Å². The monoisotopic (exact) mass is 311 g/mol. The maximum atomic E-state index is 13.1. The number of nitrogens with zero attached hydrogens (tertiary/aromatic N) is 3. The van der Waals surface area contributed by atoms with Gasteiger partial charge in [0.2, 0.25) is 0 Å². The van der Waals surface area contributed by atoms with Crippen LogP contribution in [0.1, 0.15) is 5.56 Å². The first-order valence-corrected chi connectivity index (χ1v) is 6.95. The van der Waals surface area contributed by atoms with Crippen molar-refractivity contribution in [3.05, 3.63) is 72.6 Å². The Bertz CT molecular complexity index is 803. The average Bonchev–Trinajstić information content (AvgIpc) is 3.02. The lowest BCUT2D eigenvalue weighted by Gasteiger charge is -2.06. The van der Waals surface area contributed by atoms with Gasteiger partial charge in [-0.2, -0.15) is 5.10 Å². The maximum absolute atomic E-state index is 13.1. The highest BCUT2D eigenvalue weighted by Gasteiger charge is 2.05. The third-order valence-corrected chi connectivity index (χ3v) is 3.11. The number of amides is 2. The van der Waals surface area contributed by atoms with Crippen LogP contribution in [0, 0.1) is 5.82 Å². The number of carbonyl (C=O) groups excluding carboxylic acids is 1. The minimum atomic E-state index is -0.386. The van der Waals surface area contributed by atoms with Crippen molar-refractivity contribution in [1.82, 2.24) is 20.1 Å². The van der Waals surface area contributed by atoms with Crippen molar-refractivity contribution in [3.63, 3.8) is 0 Å². The summed E-state index contributed by atoms with van der Waals surface area (Å²) in [6, 6.07) is 9.30. The fourth-order valence-electron chi connectivity index (χ4n) is 2.03. The predicted molar refractivity (Wildman–Crippen MR) is 83.6 cm³/mol. The van der Waals surface area contributed by atoms with E-state index in [-0.39, 0.29) is 18.4 Å². The van der Waals surface area contributed by atoms with Crippen LogP contribution in [0.5, 0.6) is 0 Å². The van der Waals surface area contributed by atoms with Crippen molar-refractivity contribution in [2.75, 3.05) is 5.32 Å². The lowest BCUT2D eigenvalue weighted by molar-refractivity contribution is 0.251. The molecule has 3 rings (SSSR count). The molecule has 0 saturated carbocycles. The van der Waals surface area contributed by atoms with Crippen LogP contribution in [-0.4, -0.2) is 20.8 Å². The standard InChI is InChI=1S/C16H14FN5O/c17-13-3-1-2-12(8-13)9-19-16(23)21-14-10-20-22(11-14)15-4-6-18-7-5-15/h1-8,10-11H,9H2,(H2,19,21,23). The summed E-state index contributed by atoms with van der Waals surface area (Å²) in [7, 11) is 0. The number of rotatable bonds is 4. The van der Waals surface area contributed by atoms with Crippen LogP contribution < -0.4 is 10.6 Å². The molecule has 0 saturated heterocycles. The number of anilines is 1. The van der Waals surface area contributed by atoms with Gasteiger partial charge in [-0.1, -0.05) is 12.1 Å².